The van der Waals surface area contributed by atoms with Crippen LogP contribution in [0.25, 0.3) is 11.1 Å². The van der Waals surface area contributed by atoms with Crippen molar-refractivity contribution in [1.82, 2.24) is 4.90 Å². The summed E-state index contributed by atoms with van der Waals surface area (Å²) in [5.41, 5.74) is 2.54. The van der Waals surface area contributed by atoms with Gasteiger partial charge in [0.15, 0.2) is 5.12 Å². The van der Waals surface area contributed by atoms with E-state index >= 15 is 0 Å². The van der Waals surface area contributed by atoms with Gasteiger partial charge in [-0.1, -0.05) is 36.0 Å². The van der Waals surface area contributed by atoms with Gasteiger partial charge < -0.3 is 4.90 Å². The molecule has 0 amide bonds. The first kappa shape index (κ1) is 21.8. The van der Waals surface area contributed by atoms with Gasteiger partial charge in [0.25, 0.3) is 0 Å². The molecule has 0 spiro atoms. The van der Waals surface area contributed by atoms with Crippen LogP contribution in [0.3, 0.4) is 0 Å². The molecule has 1 aromatic carbocycles. The van der Waals surface area contributed by atoms with Crippen LogP contribution in [0, 0.1) is 34.0 Å². The fourth-order valence-electron chi connectivity index (χ4n) is 2.74. The smallest absolute Gasteiger partial charge is 0.185 e. The second-order valence-corrected chi connectivity index (χ2v) is 7.63. The summed E-state index contributed by atoms with van der Waals surface area (Å²) >= 11 is 1.34. The van der Waals surface area contributed by atoms with Gasteiger partial charge in [0, 0.05) is 36.8 Å². The molecule has 0 radical (unpaired) electrons. The SMILES string of the molecule is CC(=O)SCCCN1C=C/C(=C/C(C#N)=c2ccc(=C(C#N)C#N)cc2)C(C)=C1. The molecular weight excluding hydrogens is 380 g/mol. The van der Waals surface area contributed by atoms with Crippen LogP contribution in [0.1, 0.15) is 20.3 Å². The van der Waals surface area contributed by atoms with Gasteiger partial charge in [0.05, 0.1) is 11.6 Å². The molecule has 1 heterocycles. The van der Waals surface area contributed by atoms with Crippen molar-refractivity contribution in [2.45, 2.75) is 20.3 Å². The van der Waals surface area contributed by atoms with Crippen molar-refractivity contribution in [2.75, 3.05) is 12.3 Å². The van der Waals surface area contributed by atoms with Gasteiger partial charge in [-0.3, -0.25) is 4.79 Å². The van der Waals surface area contributed by atoms with Crippen molar-refractivity contribution in [3.8, 4) is 18.2 Å². The zero-order valence-electron chi connectivity index (χ0n) is 16.3. The summed E-state index contributed by atoms with van der Waals surface area (Å²) in [5.74, 6) is 0.800. The van der Waals surface area contributed by atoms with Crippen LogP contribution in [0.4, 0.5) is 0 Å². The molecule has 5 nitrogen and oxygen atoms in total. The molecule has 0 aliphatic carbocycles. The minimum Gasteiger partial charge on any atom is -0.354 e. The first-order valence-corrected chi connectivity index (χ1v) is 10.00. The highest BCUT2D eigenvalue weighted by atomic mass is 32.2. The van der Waals surface area contributed by atoms with Crippen LogP contribution in [-0.4, -0.2) is 22.3 Å². The lowest BCUT2D eigenvalue weighted by atomic mass is 10.0. The number of carbonyl (C=O) groups excluding carboxylic acids is 1. The Hall–Kier alpha value is -3.53. The highest BCUT2D eigenvalue weighted by molar-refractivity contribution is 8.13. The second-order valence-electron chi connectivity index (χ2n) is 6.36. The minimum atomic E-state index is 0.0456. The fraction of sp³-hybridized carbons (Fsp3) is 0.217. The molecule has 1 aromatic rings. The lowest BCUT2D eigenvalue weighted by Gasteiger charge is -2.21. The highest BCUT2D eigenvalue weighted by Gasteiger charge is 2.08. The second kappa shape index (κ2) is 10.7. The molecule has 0 aromatic heterocycles. The van der Waals surface area contributed by atoms with Crippen molar-refractivity contribution >= 4 is 28.0 Å². The molecule has 1 aliphatic rings. The van der Waals surface area contributed by atoms with E-state index in [0.717, 1.165) is 35.1 Å². The average Bonchev–Trinajstić information content (AvgIpc) is 2.72. The Labute approximate surface area is 174 Å². The Morgan fingerprint density at radius 1 is 1.10 bits per heavy atom. The van der Waals surface area contributed by atoms with E-state index in [-0.39, 0.29) is 10.7 Å². The van der Waals surface area contributed by atoms with Gasteiger partial charge in [-0.2, -0.15) is 15.8 Å². The first-order valence-electron chi connectivity index (χ1n) is 9.01. The van der Waals surface area contributed by atoms with Gasteiger partial charge in [-0.25, -0.2) is 0 Å². The van der Waals surface area contributed by atoms with Crippen molar-refractivity contribution in [3.05, 3.63) is 70.4 Å². The highest BCUT2D eigenvalue weighted by Crippen LogP contribution is 2.20. The Kier molecular flexibility index (Phi) is 8.04. The summed E-state index contributed by atoms with van der Waals surface area (Å²) in [7, 11) is 0. The quantitative estimate of drug-likeness (QED) is 0.706. The summed E-state index contributed by atoms with van der Waals surface area (Å²) < 4.78 is 0. The van der Waals surface area contributed by atoms with Gasteiger partial charge in [0.1, 0.15) is 17.7 Å². The number of carbonyl (C=O) groups is 1. The van der Waals surface area contributed by atoms with Gasteiger partial charge in [-0.05, 0) is 41.9 Å². The van der Waals surface area contributed by atoms with Crippen LogP contribution in [0.5, 0.6) is 0 Å². The Morgan fingerprint density at radius 3 is 2.31 bits per heavy atom. The third-order valence-electron chi connectivity index (χ3n) is 4.25. The van der Waals surface area contributed by atoms with Crippen molar-refractivity contribution in [3.63, 3.8) is 0 Å². The molecule has 0 saturated carbocycles. The molecule has 0 bridgehead atoms. The van der Waals surface area contributed by atoms with E-state index in [1.807, 2.05) is 43.6 Å². The molecule has 29 heavy (non-hydrogen) atoms. The number of nitrogens with zero attached hydrogens (tertiary/aromatic N) is 4. The topological polar surface area (TPSA) is 91.7 Å². The maximum Gasteiger partial charge on any atom is 0.185 e. The van der Waals surface area contributed by atoms with Crippen molar-refractivity contribution < 1.29 is 4.79 Å². The van der Waals surface area contributed by atoms with Gasteiger partial charge in [-0.15, -0.1) is 0 Å². The van der Waals surface area contributed by atoms with Crippen LogP contribution in [0.2, 0.25) is 0 Å². The zero-order chi connectivity index (χ0) is 21.2. The van der Waals surface area contributed by atoms with Crippen LogP contribution in [0.15, 0.2) is 60.0 Å². The van der Waals surface area contributed by atoms with Crippen LogP contribution < -0.4 is 10.4 Å². The molecule has 0 N–H and O–H groups in total. The van der Waals surface area contributed by atoms with Crippen molar-refractivity contribution in [2.24, 2.45) is 0 Å². The molecule has 144 valence electrons. The summed E-state index contributed by atoms with van der Waals surface area (Å²) in [6.45, 7) is 4.40. The first-order chi connectivity index (χ1) is 14.0. The predicted octanol–water partition coefficient (Wildman–Crippen LogP) is 2.89. The lowest BCUT2D eigenvalue weighted by molar-refractivity contribution is -0.109. The standard InChI is InChI=1S/C23H20N4OS/c1-17-16-27(9-3-11-29-18(2)28)10-8-21(17)12-22(13-24)19-4-6-20(7-5-19)23(14-25)15-26/h4-8,10,12,16H,3,9,11H2,1-2H3/b21-12-. The van der Waals surface area contributed by atoms with E-state index in [2.05, 4.69) is 11.0 Å². The Morgan fingerprint density at radius 2 is 1.76 bits per heavy atom. The lowest BCUT2D eigenvalue weighted by Crippen LogP contribution is -2.16. The maximum absolute atomic E-state index is 11.0. The number of allylic oxidation sites excluding steroid dienone is 4. The summed E-state index contributed by atoms with van der Waals surface area (Å²) in [6.07, 6.45) is 8.71. The van der Waals surface area contributed by atoms with Crippen molar-refractivity contribution in [1.29, 1.82) is 15.8 Å². The molecule has 2 rings (SSSR count). The number of hydrogen-bond donors (Lipinski definition) is 0. The summed E-state index contributed by atoms with van der Waals surface area (Å²) in [4.78, 5) is 13.1. The molecule has 1 aliphatic heterocycles. The molecule has 0 unspecified atom stereocenters. The molecule has 0 fully saturated rings. The predicted molar refractivity (Wildman–Crippen MR) is 115 cm³/mol. The normalized spacial score (nSPS) is 13.8. The van der Waals surface area contributed by atoms with Crippen LogP contribution >= 0.6 is 11.8 Å². The largest absolute Gasteiger partial charge is 0.354 e. The molecule has 0 saturated heterocycles. The monoisotopic (exact) mass is 400 g/mol. The molecule has 0 atom stereocenters. The van der Waals surface area contributed by atoms with Gasteiger partial charge in [0.2, 0.25) is 0 Å². The van der Waals surface area contributed by atoms with E-state index in [1.54, 1.807) is 31.2 Å². The average molecular weight is 401 g/mol. The number of rotatable bonds is 5. The zero-order valence-corrected chi connectivity index (χ0v) is 17.2. The number of hydrogen-bond acceptors (Lipinski definition) is 6. The van der Waals surface area contributed by atoms with E-state index in [0.29, 0.717) is 10.8 Å². The summed E-state index contributed by atoms with van der Waals surface area (Å²) in [6, 6.07) is 12.8. The van der Waals surface area contributed by atoms with E-state index in [1.165, 1.54) is 11.8 Å². The number of nitriles is 3. The van der Waals surface area contributed by atoms with Gasteiger partial charge >= 0.3 is 0 Å². The van der Waals surface area contributed by atoms with Crippen LogP contribution in [-0.2, 0) is 4.79 Å². The van der Waals surface area contributed by atoms with E-state index in [4.69, 9.17) is 10.5 Å². The third-order valence-corrected chi connectivity index (χ3v) is 5.15. The molecule has 6 heteroatoms. The Bertz CT molecular complexity index is 1100. The van der Waals surface area contributed by atoms with E-state index < -0.39 is 0 Å². The third kappa shape index (κ3) is 6.25. The number of thioether (sulfide) groups is 1. The molecular formula is C23H20N4OS. The minimum absolute atomic E-state index is 0.0456. The Balaban J connectivity index is 2.23. The van der Waals surface area contributed by atoms with E-state index in [9.17, 15) is 10.1 Å². The number of benzene rings is 1. The fourth-order valence-corrected chi connectivity index (χ4v) is 3.30. The summed E-state index contributed by atoms with van der Waals surface area (Å²) in [5, 5.41) is 28.9. The maximum atomic E-state index is 11.0.